The second kappa shape index (κ2) is 6.54. The van der Waals surface area contributed by atoms with Crippen LogP contribution in [0.3, 0.4) is 0 Å². The van der Waals surface area contributed by atoms with E-state index in [1.54, 1.807) is 0 Å². The van der Waals surface area contributed by atoms with Crippen LogP contribution in [0.15, 0.2) is 18.2 Å². The summed E-state index contributed by atoms with van der Waals surface area (Å²) in [6.45, 7) is 3.98. The van der Waals surface area contributed by atoms with E-state index in [1.165, 1.54) is 5.69 Å². The highest BCUT2D eigenvalue weighted by atomic mass is 16.1. The predicted molar refractivity (Wildman–Crippen MR) is 90.6 cm³/mol. The maximum Gasteiger partial charge on any atom is 0.251 e. The average Bonchev–Trinajstić information content (AvgIpc) is 2.86. The summed E-state index contributed by atoms with van der Waals surface area (Å²) in [6, 6.07) is 5.78. The zero-order chi connectivity index (χ0) is 16.4. The van der Waals surface area contributed by atoms with Crippen LogP contribution in [0.1, 0.15) is 41.4 Å². The van der Waals surface area contributed by atoms with Crippen molar-refractivity contribution in [3.05, 3.63) is 35.0 Å². The van der Waals surface area contributed by atoms with Gasteiger partial charge in [0.25, 0.3) is 5.91 Å². The molecule has 2 aromatic rings. The number of ketones is 1. The normalized spacial score (nSPS) is 14.1. The first-order chi connectivity index (χ1) is 11.2. The van der Waals surface area contributed by atoms with E-state index < -0.39 is 0 Å². The fourth-order valence-corrected chi connectivity index (χ4v) is 3.41. The number of benzene rings is 1. The van der Waals surface area contributed by atoms with Crippen molar-refractivity contribution in [1.82, 2.24) is 9.88 Å². The topological polar surface area (TPSA) is 77.1 Å². The van der Waals surface area contributed by atoms with E-state index in [1.807, 2.05) is 18.2 Å². The Balaban J connectivity index is 2.09. The van der Waals surface area contributed by atoms with Crippen molar-refractivity contribution in [2.24, 2.45) is 5.73 Å². The van der Waals surface area contributed by atoms with Crippen molar-refractivity contribution in [2.75, 3.05) is 13.1 Å². The summed E-state index contributed by atoms with van der Waals surface area (Å²) < 4.78 is 2.32. The fourth-order valence-electron chi connectivity index (χ4n) is 3.41. The second-order valence-corrected chi connectivity index (χ2v) is 6.07. The molecule has 5 nitrogen and oxygen atoms in total. The number of fused-ring (bicyclic) bond motifs is 3. The molecule has 3 rings (SSSR count). The Morgan fingerprint density at radius 1 is 1.35 bits per heavy atom. The van der Waals surface area contributed by atoms with Crippen LogP contribution < -0.4 is 11.1 Å². The number of amides is 1. The number of Topliss-reactive ketones (excluding diaryl/α,β-unsaturated/α-hetero) is 1. The summed E-state index contributed by atoms with van der Waals surface area (Å²) in [6.07, 6.45) is 2.95. The van der Waals surface area contributed by atoms with Crippen molar-refractivity contribution in [3.63, 3.8) is 0 Å². The molecule has 1 amide bonds. The van der Waals surface area contributed by atoms with E-state index in [0.717, 1.165) is 35.9 Å². The van der Waals surface area contributed by atoms with Gasteiger partial charge in [0.1, 0.15) is 5.78 Å². The van der Waals surface area contributed by atoms with E-state index in [2.05, 4.69) is 16.8 Å². The van der Waals surface area contributed by atoms with Crippen LogP contribution in [-0.2, 0) is 24.2 Å². The van der Waals surface area contributed by atoms with Crippen LogP contribution in [0.4, 0.5) is 0 Å². The van der Waals surface area contributed by atoms with Gasteiger partial charge in [-0.2, -0.15) is 0 Å². The Morgan fingerprint density at radius 2 is 2.17 bits per heavy atom. The molecule has 0 spiro atoms. The minimum atomic E-state index is -0.114. The lowest BCUT2D eigenvalue weighted by molar-refractivity contribution is -0.118. The molecule has 1 aromatic carbocycles. The summed E-state index contributed by atoms with van der Waals surface area (Å²) in [4.78, 5) is 24.1. The number of aryl methyl sites for hydroxylation is 1. The number of carbonyl (C=O) groups excluding carboxylic acids is 2. The van der Waals surface area contributed by atoms with Gasteiger partial charge in [-0.1, -0.05) is 6.92 Å². The first kappa shape index (κ1) is 15.7. The molecule has 0 atom stereocenters. The summed E-state index contributed by atoms with van der Waals surface area (Å²) in [5.74, 6) is 0.169. The SMILES string of the molecule is CCCn1c2c(c3cc(C(=O)NCCN)ccc31)CC(=O)CC2. The molecule has 1 heterocycles. The Labute approximate surface area is 135 Å². The number of nitrogens with one attached hydrogen (secondary N) is 1. The number of rotatable bonds is 5. The summed E-state index contributed by atoms with van der Waals surface area (Å²) >= 11 is 0. The number of hydrogen-bond acceptors (Lipinski definition) is 3. The van der Waals surface area contributed by atoms with Crippen LogP contribution in [0.5, 0.6) is 0 Å². The molecule has 0 unspecified atom stereocenters. The summed E-state index contributed by atoms with van der Waals surface area (Å²) in [7, 11) is 0. The molecule has 0 fully saturated rings. The van der Waals surface area contributed by atoms with Crippen LogP contribution in [0.2, 0.25) is 0 Å². The van der Waals surface area contributed by atoms with Crippen LogP contribution >= 0.6 is 0 Å². The number of nitrogens with two attached hydrogens (primary N) is 1. The third kappa shape index (κ3) is 2.88. The Kier molecular flexibility index (Phi) is 4.48. The molecule has 0 radical (unpaired) electrons. The fraction of sp³-hybridized carbons (Fsp3) is 0.444. The zero-order valence-corrected chi connectivity index (χ0v) is 13.5. The van der Waals surface area contributed by atoms with Gasteiger partial charge in [0, 0.05) is 54.6 Å². The van der Waals surface area contributed by atoms with Gasteiger partial charge in [-0.15, -0.1) is 0 Å². The van der Waals surface area contributed by atoms with E-state index in [-0.39, 0.29) is 11.7 Å². The monoisotopic (exact) mass is 313 g/mol. The molecule has 5 heteroatoms. The molecule has 3 N–H and O–H groups in total. The number of nitrogens with zero attached hydrogens (tertiary/aromatic N) is 1. The molecule has 122 valence electrons. The van der Waals surface area contributed by atoms with Gasteiger partial charge >= 0.3 is 0 Å². The second-order valence-electron chi connectivity index (χ2n) is 6.07. The molecule has 1 aromatic heterocycles. The quantitative estimate of drug-likeness (QED) is 0.883. The highest BCUT2D eigenvalue weighted by Gasteiger charge is 2.24. The maximum absolute atomic E-state index is 12.2. The highest BCUT2D eigenvalue weighted by Crippen LogP contribution is 2.32. The third-order valence-electron chi connectivity index (χ3n) is 4.44. The Morgan fingerprint density at radius 3 is 2.91 bits per heavy atom. The molecule has 1 aliphatic rings. The molecule has 0 bridgehead atoms. The van der Waals surface area contributed by atoms with Crippen molar-refractivity contribution in [2.45, 2.75) is 39.2 Å². The molecule has 1 aliphatic carbocycles. The van der Waals surface area contributed by atoms with Gasteiger partial charge in [0.15, 0.2) is 0 Å². The number of aromatic nitrogens is 1. The average molecular weight is 313 g/mol. The van der Waals surface area contributed by atoms with Crippen molar-refractivity contribution in [1.29, 1.82) is 0 Å². The first-order valence-electron chi connectivity index (χ1n) is 8.29. The third-order valence-corrected chi connectivity index (χ3v) is 4.44. The molecular formula is C18H23N3O2. The molecule has 23 heavy (non-hydrogen) atoms. The van der Waals surface area contributed by atoms with Crippen molar-refractivity contribution in [3.8, 4) is 0 Å². The maximum atomic E-state index is 12.2. The van der Waals surface area contributed by atoms with Crippen molar-refractivity contribution >= 4 is 22.6 Å². The van der Waals surface area contributed by atoms with Crippen LogP contribution in [-0.4, -0.2) is 29.3 Å². The van der Waals surface area contributed by atoms with E-state index in [4.69, 9.17) is 5.73 Å². The lowest BCUT2D eigenvalue weighted by Gasteiger charge is -2.14. The Hall–Kier alpha value is -2.14. The molecule has 0 saturated heterocycles. The van der Waals surface area contributed by atoms with Gasteiger partial charge in [-0.25, -0.2) is 0 Å². The molecular weight excluding hydrogens is 290 g/mol. The minimum absolute atomic E-state index is 0.114. The lowest BCUT2D eigenvalue weighted by Crippen LogP contribution is -2.28. The highest BCUT2D eigenvalue weighted by molar-refractivity contribution is 6.00. The predicted octanol–water partition coefficient (Wildman–Crippen LogP) is 1.80. The van der Waals surface area contributed by atoms with E-state index in [9.17, 15) is 9.59 Å². The van der Waals surface area contributed by atoms with Gasteiger partial charge in [0.05, 0.1) is 0 Å². The largest absolute Gasteiger partial charge is 0.351 e. The van der Waals surface area contributed by atoms with Gasteiger partial charge < -0.3 is 15.6 Å². The van der Waals surface area contributed by atoms with Crippen LogP contribution in [0, 0.1) is 0 Å². The van der Waals surface area contributed by atoms with E-state index >= 15 is 0 Å². The summed E-state index contributed by atoms with van der Waals surface area (Å²) in [5, 5.41) is 3.84. The minimum Gasteiger partial charge on any atom is -0.351 e. The zero-order valence-electron chi connectivity index (χ0n) is 13.5. The lowest BCUT2D eigenvalue weighted by atomic mass is 9.94. The molecule has 0 aliphatic heterocycles. The first-order valence-corrected chi connectivity index (χ1v) is 8.29. The molecule has 0 saturated carbocycles. The van der Waals surface area contributed by atoms with Gasteiger partial charge in [-0.05, 0) is 36.6 Å². The van der Waals surface area contributed by atoms with Gasteiger partial charge in [0.2, 0.25) is 0 Å². The Bertz CT molecular complexity index is 761. The van der Waals surface area contributed by atoms with Crippen LogP contribution in [0.25, 0.3) is 10.9 Å². The van der Waals surface area contributed by atoms with Gasteiger partial charge in [-0.3, -0.25) is 9.59 Å². The smallest absolute Gasteiger partial charge is 0.251 e. The summed E-state index contributed by atoms with van der Waals surface area (Å²) in [5.41, 5.74) is 9.56. The number of carbonyl (C=O) groups is 2. The number of hydrogen-bond donors (Lipinski definition) is 2. The van der Waals surface area contributed by atoms with Crippen molar-refractivity contribution < 1.29 is 9.59 Å². The standard InChI is InChI=1S/C18H23N3O2/c1-2-9-21-16-5-3-12(18(23)20-8-7-19)10-14(16)15-11-13(22)4-6-17(15)21/h3,5,10H,2,4,6-9,11,19H2,1H3,(H,20,23). The van der Waals surface area contributed by atoms with E-state index in [0.29, 0.717) is 31.5 Å².